The molecule has 4 aromatic rings. The number of nitrogens with one attached hydrogen (secondary N) is 1. The van der Waals surface area contributed by atoms with Gasteiger partial charge in [-0.15, -0.1) is 0 Å². The Morgan fingerprint density at radius 3 is 2.65 bits per heavy atom. The molecule has 0 saturated carbocycles. The monoisotopic (exact) mass is 582 g/mol. The number of halogens is 1. The van der Waals surface area contributed by atoms with Gasteiger partial charge in [0.2, 0.25) is 5.88 Å². The summed E-state index contributed by atoms with van der Waals surface area (Å²) >= 11 is 9.56. The Balaban J connectivity index is 1.37. The maximum absolute atomic E-state index is 11.3. The van der Waals surface area contributed by atoms with Crippen LogP contribution in [0.4, 0.5) is 0 Å². The molecule has 194 valence electrons. The average Bonchev–Trinajstić information content (AvgIpc) is 3.38. The van der Waals surface area contributed by atoms with Crippen LogP contribution in [0.15, 0.2) is 46.9 Å². The third-order valence-corrected chi connectivity index (χ3v) is 8.35. The zero-order valence-electron chi connectivity index (χ0n) is 21.0. The number of benzene rings is 2. The predicted octanol–water partition coefficient (Wildman–Crippen LogP) is 5.80. The van der Waals surface area contributed by atoms with Gasteiger partial charge in [-0.3, -0.25) is 9.47 Å². The van der Waals surface area contributed by atoms with Crippen LogP contribution in [0.25, 0.3) is 10.9 Å². The summed E-state index contributed by atoms with van der Waals surface area (Å²) in [5, 5.41) is 12.4. The number of fused-ring (bicyclic) bond motifs is 4. The molecule has 0 spiro atoms. The minimum Gasteiger partial charge on any atom is -0.493 e. The van der Waals surface area contributed by atoms with E-state index in [1.54, 1.807) is 0 Å². The highest BCUT2D eigenvalue weighted by atomic mass is 79.9. The Labute approximate surface area is 229 Å². The summed E-state index contributed by atoms with van der Waals surface area (Å²) in [6, 6.07) is 14.5. The second-order valence-electron chi connectivity index (χ2n) is 10.0. The van der Waals surface area contributed by atoms with Crippen LogP contribution in [0.5, 0.6) is 11.6 Å². The lowest BCUT2D eigenvalue weighted by atomic mass is 9.93. The van der Waals surface area contributed by atoms with E-state index in [2.05, 4.69) is 54.6 Å². The lowest BCUT2D eigenvalue weighted by molar-refractivity contribution is 0.0322. The minimum atomic E-state index is -0.175. The van der Waals surface area contributed by atoms with E-state index in [9.17, 15) is 5.11 Å². The van der Waals surface area contributed by atoms with Gasteiger partial charge in [0.25, 0.3) is 0 Å². The lowest BCUT2D eigenvalue weighted by Gasteiger charge is -2.27. The fourth-order valence-electron chi connectivity index (χ4n) is 5.61. The molecule has 2 aliphatic rings. The molecule has 0 radical (unpaired) electrons. The second kappa shape index (κ2) is 9.94. The van der Waals surface area contributed by atoms with Crippen molar-refractivity contribution in [3.05, 3.63) is 74.2 Å². The average molecular weight is 584 g/mol. The normalized spacial score (nSPS) is 17.8. The molecule has 0 amide bonds. The Morgan fingerprint density at radius 1 is 1.16 bits per heavy atom. The number of morpholine rings is 1. The van der Waals surface area contributed by atoms with Crippen LogP contribution >= 0.6 is 28.1 Å². The summed E-state index contributed by atoms with van der Waals surface area (Å²) in [6.45, 7) is 9.13. The van der Waals surface area contributed by atoms with E-state index in [1.165, 1.54) is 5.56 Å². The number of nitrogens with zero attached hydrogens (tertiary/aromatic N) is 3. The van der Waals surface area contributed by atoms with E-state index in [1.807, 2.05) is 36.6 Å². The van der Waals surface area contributed by atoms with Crippen LogP contribution in [0.1, 0.15) is 48.4 Å². The molecule has 1 fully saturated rings. The third-order valence-electron chi connectivity index (χ3n) is 7.46. The van der Waals surface area contributed by atoms with Crippen molar-refractivity contribution in [3.8, 4) is 11.6 Å². The van der Waals surface area contributed by atoms with Gasteiger partial charge in [-0.2, -0.15) is 0 Å². The molecular weight excluding hydrogens is 552 g/mol. The molecule has 37 heavy (non-hydrogen) atoms. The summed E-state index contributed by atoms with van der Waals surface area (Å²) in [4.78, 5) is 6.04. The second-order valence-corrected chi connectivity index (χ2v) is 11.3. The molecule has 4 heterocycles. The number of ether oxygens (including phenoxy) is 2. The maximum atomic E-state index is 11.3. The van der Waals surface area contributed by atoms with Crippen molar-refractivity contribution in [1.82, 2.24) is 19.0 Å². The topological polar surface area (TPSA) is 67.6 Å². The molecule has 2 aromatic heterocycles. The first-order chi connectivity index (χ1) is 17.9. The van der Waals surface area contributed by atoms with E-state index in [-0.39, 0.29) is 18.0 Å². The zero-order valence-corrected chi connectivity index (χ0v) is 23.4. The highest BCUT2D eigenvalue weighted by Gasteiger charge is 2.34. The Hall–Kier alpha value is -2.59. The summed E-state index contributed by atoms with van der Waals surface area (Å²) in [5.41, 5.74) is 5.32. The van der Waals surface area contributed by atoms with Crippen LogP contribution in [0.2, 0.25) is 0 Å². The van der Waals surface area contributed by atoms with Crippen molar-refractivity contribution in [2.24, 2.45) is 0 Å². The first kappa shape index (κ1) is 24.7. The predicted molar refractivity (Wildman–Crippen MR) is 151 cm³/mol. The number of hydrogen-bond donors (Lipinski definition) is 2. The fourth-order valence-corrected chi connectivity index (χ4v) is 6.48. The largest absolute Gasteiger partial charge is 0.493 e. The van der Waals surface area contributed by atoms with Gasteiger partial charge in [-0.05, 0) is 67.5 Å². The summed E-state index contributed by atoms with van der Waals surface area (Å²) < 4.78 is 17.1. The Morgan fingerprint density at radius 2 is 1.92 bits per heavy atom. The highest BCUT2D eigenvalue weighted by Crippen LogP contribution is 2.44. The number of aromatic hydroxyl groups is 1. The molecule has 6 rings (SSSR count). The molecule has 2 aromatic carbocycles. The van der Waals surface area contributed by atoms with Gasteiger partial charge in [0.05, 0.1) is 18.9 Å². The first-order valence-electron chi connectivity index (χ1n) is 12.8. The van der Waals surface area contributed by atoms with Gasteiger partial charge >= 0.3 is 0 Å². The number of hydrogen-bond acceptors (Lipinski definition) is 5. The van der Waals surface area contributed by atoms with Crippen LogP contribution in [0.3, 0.4) is 0 Å². The lowest BCUT2D eigenvalue weighted by Crippen LogP contribution is -2.38. The molecule has 2 aliphatic heterocycles. The molecule has 2 N–H and O–H groups in total. The number of aromatic amines is 1. The Kier molecular flexibility index (Phi) is 6.65. The third kappa shape index (κ3) is 4.41. The molecule has 1 unspecified atom stereocenters. The number of H-pyrrole nitrogens is 1. The zero-order chi connectivity index (χ0) is 25.7. The van der Waals surface area contributed by atoms with E-state index >= 15 is 0 Å². The van der Waals surface area contributed by atoms with Gasteiger partial charge < -0.3 is 24.1 Å². The standard InChI is InChI=1S/C28H31BrN4O3S/c1-17(2)32-27(34)24-16-22-21-15-19(29)5-8-23(21)30-25(22)26(33(24)28(32)37)18-3-6-20(7-4-18)36-14-11-31-9-12-35-13-10-31/h3-8,15,17,26,30,34H,9-14,16H2,1-2H3. The van der Waals surface area contributed by atoms with Crippen molar-refractivity contribution in [2.45, 2.75) is 32.4 Å². The highest BCUT2D eigenvalue weighted by molar-refractivity contribution is 9.10. The van der Waals surface area contributed by atoms with Gasteiger partial charge in [0.1, 0.15) is 18.4 Å². The first-order valence-corrected chi connectivity index (χ1v) is 14.0. The Bertz CT molecular complexity index is 1500. The van der Waals surface area contributed by atoms with Crippen LogP contribution in [-0.4, -0.2) is 63.6 Å². The number of rotatable bonds is 6. The number of imidazole rings is 1. The minimum absolute atomic E-state index is 0.0534. The summed E-state index contributed by atoms with van der Waals surface area (Å²) in [5.74, 6) is 1.10. The van der Waals surface area contributed by atoms with E-state index in [0.29, 0.717) is 17.8 Å². The van der Waals surface area contributed by atoms with E-state index < -0.39 is 0 Å². The van der Waals surface area contributed by atoms with Gasteiger partial charge in [0.15, 0.2) is 4.77 Å². The molecule has 1 atom stereocenters. The van der Waals surface area contributed by atoms with Crippen LogP contribution < -0.4 is 4.74 Å². The molecule has 9 heteroatoms. The van der Waals surface area contributed by atoms with Gasteiger partial charge in [-0.25, -0.2) is 0 Å². The van der Waals surface area contributed by atoms with Gasteiger partial charge in [-0.1, -0.05) is 28.1 Å². The molecule has 0 bridgehead atoms. The summed E-state index contributed by atoms with van der Waals surface area (Å²) in [6.07, 6.45) is 0.611. The van der Waals surface area contributed by atoms with Crippen LogP contribution in [0, 0.1) is 4.77 Å². The molecule has 0 aliphatic carbocycles. The van der Waals surface area contributed by atoms with Crippen molar-refractivity contribution >= 4 is 39.1 Å². The van der Waals surface area contributed by atoms with Crippen LogP contribution in [-0.2, 0) is 11.2 Å². The molecule has 7 nitrogen and oxygen atoms in total. The molecular formula is C28H31BrN4O3S. The quantitative estimate of drug-likeness (QED) is 0.248. The maximum Gasteiger partial charge on any atom is 0.214 e. The van der Waals surface area contributed by atoms with Crippen molar-refractivity contribution in [1.29, 1.82) is 0 Å². The SMILES string of the molecule is CC(C)n1c(O)c2n(c1=S)C(c1ccc(OCCN3CCOCC3)cc1)c1[nH]c3ccc(Br)cc3c1C2. The fraction of sp³-hybridized carbons (Fsp3) is 0.393. The number of aromatic nitrogens is 3. The van der Waals surface area contributed by atoms with E-state index in [4.69, 9.17) is 21.7 Å². The van der Waals surface area contributed by atoms with Crippen molar-refractivity contribution in [2.75, 3.05) is 39.5 Å². The van der Waals surface area contributed by atoms with Crippen molar-refractivity contribution in [3.63, 3.8) is 0 Å². The summed E-state index contributed by atoms with van der Waals surface area (Å²) in [7, 11) is 0. The smallest absolute Gasteiger partial charge is 0.214 e. The molecule has 1 saturated heterocycles. The van der Waals surface area contributed by atoms with E-state index in [0.717, 1.165) is 70.9 Å². The van der Waals surface area contributed by atoms with Gasteiger partial charge in [0, 0.05) is 53.2 Å². The van der Waals surface area contributed by atoms with Crippen molar-refractivity contribution < 1.29 is 14.6 Å².